The molecule has 2 aromatic carbocycles. The molecule has 0 saturated heterocycles. The number of rotatable bonds is 6. The largest absolute Gasteiger partial charge is 0.493 e. The lowest BCUT2D eigenvalue weighted by Gasteiger charge is -2.20. The first-order valence-corrected chi connectivity index (χ1v) is 11.3. The minimum Gasteiger partial charge on any atom is -0.493 e. The Morgan fingerprint density at radius 3 is 2.50 bits per heavy atom. The number of amidine groups is 2. The van der Waals surface area contributed by atoms with Crippen LogP contribution in [0.5, 0.6) is 17.2 Å². The molecule has 164 valence electrons. The van der Waals surface area contributed by atoms with Crippen LogP contribution in [0.25, 0.3) is 6.08 Å². The second-order valence-corrected chi connectivity index (χ2v) is 8.76. The smallest absolute Gasteiger partial charge is 0.283 e. The molecule has 2 aromatic rings. The quantitative estimate of drug-likeness (QED) is 0.634. The van der Waals surface area contributed by atoms with Crippen LogP contribution in [0.1, 0.15) is 11.1 Å². The Hall–Kier alpha value is -3.24. The molecular weight excluding hydrogens is 448 g/mol. The van der Waals surface area contributed by atoms with Crippen LogP contribution in [0.2, 0.25) is 0 Å². The van der Waals surface area contributed by atoms with E-state index in [1.165, 1.54) is 55.4 Å². The van der Waals surface area contributed by atoms with E-state index in [0.29, 0.717) is 28.0 Å². The first-order valence-electron chi connectivity index (χ1n) is 9.51. The molecule has 0 bridgehead atoms. The summed E-state index contributed by atoms with van der Waals surface area (Å²) in [5.74, 6) is 1.48. The fourth-order valence-electron chi connectivity index (χ4n) is 3.15. The van der Waals surface area contributed by atoms with Crippen molar-refractivity contribution in [2.24, 2.45) is 10.1 Å². The Morgan fingerprint density at radius 1 is 1.06 bits per heavy atom. The normalized spacial score (nSPS) is 16.6. The van der Waals surface area contributed by atoms with Crippen molar-refractivity contribution < 1.29 is 19.0 Å². The number of ether oxygens (including phenoxy) is 3. The molecule has 0 radical (unpaired) electrons. The highest BCUT2D eigenvalue weighted by Crippen LogP contribution is 2.41. The molecule has 32 heavy (non-hydrogen) atoms. The third-order valence-corrected chi connectivity index (χ3v) is 6.79. The molecule has 0 aromatic heterocycles. The highest BCUT2D eigenvalue weighted by molar-refractivity contribution is 8.45. The van der Waals surface area contributed by atoms with Crippen molar-refractivity contribution in [3.05, 3.63) is 59.2 Å². The number of amides is 1. The van der Waals surface area contributed by atoms with E-state index in [1.807, 2.05) is 30.3 Å². The average Bonchev–Trinajstić information content (AvgIpc) is 3.23. The van der Waals surface area contributed by atoms with Gasteiger partial charge in [-0.3, -0.25) is 10.2 Å². The van der Waals surface area contributed by atoms with Gasteiger partial charge in [0.15, 0.2) is 21.7 Å². The highest BCUT2D eigenvalue weighted by Gasteiger charge is 2.36. The Bertz CT molecular complexity index is 1160. The monoisotopic (exact) mass is 468 g/mol. The molecule has 4 rings (SSSR count). The van der Waals surface area contributed by atoms with Crippen LogP contribution < -0.4 is 14.2 Å². The Kier molecular flexibility index (Phi) is 6.52. The number of hydrazone groups is 1. The van der Waals surface area contributed by atoms with Crippen molar-refractivity contribution in [1.82, 2.24) is 5.01 Å². The predicted octanol–water partition coefficient (Wildman–Crippen LogP) is 4.22. The summed E-state index contributed by atoms with van der Waals surface area (Å²) in [4.78, 5) is 16.9. The van der Waals surface area contributed by atoms with E-state index in [0.717, 1.165) is 10.1 Å². The van der Waals surface area contributed by atoms with Gasteiger partial charge in [-0.2, -0.15) is 10.0 Å². The number of carbonyl (C=O) groups excluding carboxylic acids is 1. The number of nitrogens with zero attached hydrogens (tertiary/aromatic N) is 3. The van der Waals surface area contributed by atoms with Crippen LogP contribution in [0.3, 0.4) is 0 Å². The number of methoxy groups -OCH3 is 3. The van der Waals surface area contributed by atoms with Gasteiger partial charge in [0.25, 0.3) is 5.91 Å². The Labute approximate surface area is 193 Å². The van der Waals surface area contributed by atoms with Gasteiger partial charge in [-0.25, -0.2) is 0 Å². The summed E-state index contributed by atoms with van der Waals surface area (Å²) in [6.45, 7) is 0. The standard InChI is InChI=1S/C22H20N4O4S2/c1-28-16-10-9-14(17(29-2)18(16)30-3)11-15-19(23)26-21(24-20(15)27)32-22(25-26)31-12-13-7-5-4-6-8-13/h4-11,23H,12H2,1-3H3/b15-11-,23-19?. The molecule has 0 atom stereocenters. The van der Waals surface area contributed by atoms with Crippen molar-refractivity contribution in [3.63, 3.8) is 0 Å². The zero-order valence-corrected chi connectivity index (χ0v) is 19.3. The van der Waals surface area contributed by atoms with Crippen molar-refractivity contribution in [3.8, 4) is 17.2 Å². The molecule has 1 N–H and O–H groups in total. The van der Waals surface area contributed by atoms with E-state index in [4.69, 9.17) is 19.6 Å². The maximum atomic E-state index is 12.7. The lowest BCUT2D eigenvalue weighted by molar-refractivity contribution is -0.114. The number of carbonyl (C=O) groups is 1. The highest BCUT2D eigenvalue weighted by atomic mass is 32.2. The summed E-state index contributed by atoms with van der Waals surface area (Å²) in [6, 6.07) is 13.5. The van der Waals surface area contributed by atoms with E-state index >= 15 is 0 Å². The zero-order chi connectivity index (χ0) is 22.7. The van der Waals surface area contributed by atoms with Crippen molar-refractivity contribution in [2.75, 3.05) is 21.3 Å². The van der Waals surface area contributed by atoms with Crippen LogP contribution in [-0.2, 0) is 10.5 Å². The SMILES string of the molecule is COc1ccc(/C=C2/C(=N)N3N=C(SCc4ccccc4)SC3=NC2=O)c(OC)c1OC. The maximum Gasteiger partial charge on any atom is 0.283 e. The second kappa shape index (κ2) is 9.49. The number of hydrogen-bond acceptors (Lipinski definition) is 8. The average molecular weight is 469 g/mol. The molecule has 0 aliphatic carbocycles. The van der Waals surface area contributed by atoms with E-state index in [-0.39, 0.29) is 11.4 Å². The third kappa shape index (κ3) is 4.23. The van der Waals surface area contributed by atoms with Gasteiger partial charge in [-0.05, 0) is 35.5 Å². The topological polar surface area (TPSA) is 96.6 Å². The lowest BCUT2D eigenvalue weighted by atomic mass is 10.1. The summed E-state index contributed by atoms with van der Waals surface area (Å²) < 4.78 is 16.9. The fraction of sp³-hybridized carbons (Fsp3) is 0.182. The van der Waals surface area contributed by atoms with E-state index < -0.39 is 5.91 Å². The zero-order valence-electron chi connectivity index (χ0n) is 17.6. The summed E-state index contributed by atoms with van der Waals surface area (Å²) in [5, 5.41) is 14.8. The van der Waals surface area contributed by atoms with Crippen LogP contribution >= 0.6 is 23.5 Å². The molecule has 0 fully saturated rings. The molecule has 2 aliphatic heterocycles. The number of fused-ring (bicyclic) bond motifs is 1. The Morgan fingerprint density at radius 2 is 1.81 bits per heavy atom. The number of nitrogens with one attached hydrogen (secondary N) is 1. The van der Waals surface area contributed by atoms with Gasteiger partial charge < -0.3 is 14.2 Å². The fourth-order valence-corrected chi connectivity index (χ4v) is 5.03. The number of thioether (sulfide) groups is 2. The first kappa shape index (κ1) is 22.0. The van der Waals surface area contributed by atoms with Gasteiger partial charge in [-0.15, -0.1) is 5.10 Å². The van der Waals surface area contributed by atoms with Crippen molar-refractivity contribution >= 4 is 50.9 Å². The van der Waals surface area contributed by atoms with Gasteiger partial charge >= 0.3 is 0 Å². The molecule has 0 unspecified atom stereocenters. The van der Waals surface area contributed by atoms with Crippen LogP contribution in [-0.4, -0.2) is 47.6 Å². The third-order valence-electron chi connectivity index (χ3n) is 4.68. The van der Waals surface area contributed by atoms with Gasteiger partial charge in [0.05, 0.1) is 26.9 Å². The Balaban J connectivity index is 1.61. The molecular formula is C22H20N4O4S2. The number of benzene rings is 2. The minimum atomic E-state index is -0.505. The van der Waals surface area contributed by atoms with Gasteiger partial charge in [0.2, 0.25) is 10.9 Å². The van der Waals surface area contributed by atoms with Crippen molar-refractivity contribution in [1.29, 1.82) is 5.41 Å². The summed E-state index contributed by atoms with van der Waals surface area (Å²) in [7, 11) is 4.54. The predicted molar refractivity (Wildman–Crippen MR) is 129 cm³/mol. The minimum absolute atomic E-state index is 0.0420. The van der Waals surface area contributed by atoms with Gasteiger partial charge in [-0.1, -0.05) is 42.1 Å². The van der Waals surface area contributed by atoms with Gasteiger partial charge in [0, 0.05) is 11.3 Å². The number of aliphatic imine (C=N–C) groups is 1. The van der Waals surface area contributed by atoms with E-state index in [1.54, 1.807) is 18.2 Å². The van der Waals surface area contributed by atoms with E-state index in [9.17, 15) is 4.79 Å². The molecule has 8 nitrogen and oxygen atoms in total. The number of hydrogen-bond donors (Lipinski definition) is 1. The first-order chi connectivity index (χ1) is 15.5. The maximum absolute atomic E-state index is 12.7. The van der Waals surface area contributed by atoms with Crippen LogP contribution in [0, 0.1) is 5.41 Å². The molecule has 10 heteroatoms. The summed E-state index contributed by atoms with van der Waals surface area (Å²) >= 11 is 2.83. The molecule has 0 saturated carbocycles. The summed E-state index contributed by atoms with van der Waals surface area (Å²) in [6.07, 6.45) is 1.56. The van der Waals surface area contributed by atoms with E-state index in [2.05, 4.69) is 10.1 Å². The lowest BCUT2D eigenvalue weighted by Crippen LogP contribution is -2.35. The summed E-state index contributed by atoms with van der Waals surface area (Å²) in [5.41, 5.74) is 1.84. The molecule has 1 amide bonds. The molecule has 0 spiro atoms. The second-order valence-electron chi connectivity index (χ2n) is 6.58. The van der Waals surface area contributed by atoms with Crippen LogP contribution in [0.15, 0.2) is 58.1 Å². The van der Waals surface area contributed by atoms with Crippen molar-refractivity contribution in [2.45, 2.75) is 5.75 Å². The molecule has 2 aliphatic rings. The van der Waals surface area contributed by atoms with Gasteiger partial charge in [0.1, 0.15) is 0 Å². The molecule has 2 heterocycles. The van der Waals surface area contributed by atoms with Crippen LogP contribution in [0.4, 0.5) is 0 Å².